The zero-order valence-electron chi connectivity index (χ0n) is 10.4. The summed E-state index contributed by atoms with van der Waals surface area (Å²) in [5.74, 6) is -0.296. The largest absolute Gasteiger partial charge is 0.306 e. The van der Waals surface area contributed by atoms with Gasteiger partial charge in [-0.2, -0.15) is 0 Å². The van der Waals surface area contributed by atoms with Crippen LogP contribution in [0.1, 0.15) is 29.8 Å². The first-order valence-electron chi connectivity index (χ1n) is 6.04. The monoisotopic (exact) mass is 317 g/mol. The van der Waals surface area contributed by atoms with Crippen molar-refractivity contribution in [3.8, 4) is 0 Å². The normalized spacial score (nSPS) is 12.6. The van der Waals surface area contributed by atoms with E-state index in [1.165, 1.54) is 12.1 Å². The molecule has 0 fully saturated rings. The minimum atomic E-state index is -0.296. The van der Waals surface area contributed by atoms with Crippen LogP contribution in [-0.4, -0.2) is 6.54 Å². The van der Waals surface area contributed by atoms with E-state index in [-0.39, 0.29) is 11.9 Å². The van der Waals surface area contributed by atoms with Crippen molar-refractivity contribution >= 4 is 34.5 Å². The van der Waals surface area contributed by atoms with E-state index in [1.54, 1.807) is 17.4 Å². The van der Waals surface area contributed by atoms with Crippen LogP contribution in [0.15, 0.2) is 29.6 Å². The van der Waals surface area contributed by atoms with Crippen LogP contribution in [0.2, 0.25) is 10.0 Å². The van der Waals surface area contributed by atoms with Crippen molar-refractivity contribution in [1.29, 1.82) is 0 Å². The second kappa shape index (κ2) is 6.71. The summed E-state index contributed by atoms with van der Waals surface area (Å²) < 4.78 is 13.5. The van der Waals surface area contributed by atoms with Crippen molar-refractivity contribution in [2.45, 2.75) is 19.4 Å². The average molecular weight is 318 g/mol. The Labute approximate surface area is 126 Å². The van der Waals surface area contributed by atoms with Gasteiger partial charge in [0.15, 0.2) is 0 Å². The summed E-state index contributed by atoms with van der Waals surface area (Å²) >= 11 is 13.9. The first-order valence-corrected chi connectivity index (χ1v) is 7.68. The van der Waals surface area contributed by atoms with E-state index in [9.17, 15) is 4.39 Å². The molecule has 19 heavy (non-hydrogen) atoms. The zero-order chi connectivity index (χ0) is 13.8. The van der Waals surface area contributed by atoms with E-state index in [1.807, 2.05) is 11.4 Å². The van der Waals surface area contributed by atoms with Crippen molar-refractivity contribution in [3.05, 3.63) is 55.9 Å². The summed E-state index contributed by atoms with van der Waals surface area (Å²) in [6.45, 7) is 2.89. The van der Waals surface area contributed by atoms with Gasteiger partial charge >= 0.3 is 0 Å². The molecule has 0 saturated carbocycles. The molecule has 102 valence electrons. The molecule has 1 heterocycles. The third-order valence-corrected chi connectivity index (χ3v) is 4.54. The van der Waals surface area contributed by atoms with Gasteiger partial charge in [0.2, 0.25) is 0 Å². The Hall–Kier alpha value is -0.610. The number of nitrogens with one attached hydrogen (secondary N) is 1. The highest BCUT2D eigenvalue weighted by molar-refractivity contribution is 7.10. The van der Waals surface area contributed by atoms with Crippen molar-refractivity contribution in [2.24, 2.45) is 0 Å². The fourth-order valence-corrected chi connectivity index (χ4v) is 3.36. The highest BCUT2D eigenvalue weighted by Crippen LogP contribution is 2.36. The molecule has 2 rings (SSSR count). The van der Waals surface area contributed by atoms with Gasteiger partial charge in [-0.1, -0.05) is 30.1 Å². The lowest BCUT2D eigenvalue weighted by Gasteiger charge is -2.19. The van der Waals surface area contributed by atoms with Crippen molar-refractivity contribution in [2.75, 3.05) is 6.54 Å². The Morgan fingerprint density at radius 2 is 2.05 bits per heavy atom. The Morgan fingerprint density at radius 3 is 2.68 bits per heavy atom. The topological polar surface area (TPSA) is 12.0 Å². The van der Waals surface area contributed by atoms with Crippen LogP contribution in [0.5, 0.6) is 0 Å². The van der Waals surface area contributed by atoms with E-state index >= 15 is 0 Å². The van der Waals surface area contributed by atoms with Gasteiger partial charge < -0.3 is 5.32 Å². The molecule has 0 radical (unpaired) electrons. The van der Waals surface area contributed by atoms with Crippen LogP contribution in [-0.2, 0) is 0 Å². The Balaban J connectivity index is 2.42. The van der Waals surface area contributed by atoms with E-state index in [0.29, 0.717) is 10.0 Å². The smallest absolute Gasteiger partial charge is 0.123 e. The number of halogens is 3. The second-order valence-corrected chi connectivity index (χ2v) is 5.95. The lowest BCUT2D eigenvalue weighted by Crippen LogP contribution is -2.23. The quantitative estimate of drug-likeness (QED) is 0.790. The molecule has 0 amide bonds. The maximum Gasteiger partial charge on any atom is 0.123 e. The molecule has 0 aliphatic carbocycles. The standard InChI is InChI=1S/C14H14Cl2FNS/c1-2-6-18-13(14-12(16)5-7-19-14)10-8-9(17)3-4-11(10)15/h3-5,7-8,13,18H,2,6H2,1H3. The Kier molecular flexibility index (Phi) is 5.22. The molecule has 0 saturated heterocycles. The van der Waals surface area contributed by atoms with Crippen LogP contribution < -0.4 is 5.32 Å². The van der Waals surface area contributed by atoms with Gasteiger partial charge in [0.25, 0.3) is 0 Å². The van der Waals surface area contributed by atoms with Crippen molar-refractivity contribution in [1.82, 2.24) is 5.32 Å². The molecule has 2 aromatic rings. The van der Waals surface area contributed by atoms with Gasteiger partial charge in [-0.3, -0.25) is 0 Å². The Morgan fingerprint density at radius 1 is 1.26 bits per heavy atom. The SMILES string of the molecule is CCCNC(c1cc(F)ccc1Cl)c1sccc1Cl. The molecule has 0 aliphatic rings. The van der Waals surface area contributed by atoms with E-state index < -0.39 is 0 Å². The molecule has 0 spiro atoms. The number of hydrogen-bond acceptors (Lipinski definition) is 2. The lowest BCUT2D eigenvalue weighted by molar-refractivity contribution is 0.591. The Bertz CT molecular complexity index is 556. The molecule has 1 aromatic carbocycles. The predicted octanol–water partition coefficient (Wildman–Crippen LogP) is 5.28. The first kappa shape index (κ1) is 14.8. The van der Waals surface area contributed by atoms with E-state index in [2.05, 4.69) is 12.2 Å². The summed E-state index contributed by atoms with van der Waals surface area (Å²) in [7, 11) is 0. The summed E-state index contributed by atoms with van der Waals surface area (Å²) in [6, 6.07) is 6.07. The van der Waals surface area contributed by atoms with Crippen LogP contribution in [0.3, 0.4) is 0 Å². The molecular formula is C14H14Cl2FNS. The summed E-state index contributed by atoms with van der Waals surface area (Å²) in [5.41, 5.74) is 0.722. The van der Waals surface area contributed by atoms with Crippen LogP contribution in [0.25, 0.3) is 0 Å². The van der Waals surface area contributed by atoms with Crippen molar-refractivity contribution < 1.29 is 4.39 Å². The average Bonchev–Trinajstić information content (AvgIpc) is 2.80. The molecular weight excluding hydrogens is 304 g/mol. The zero-order valence-corrected chi connectivity index (χ0v) is 12.7. The minimum absolute atomic E-state index is 0.171. The van der Waals surface area contributed by atoms with Crippen LogP contribution >= 0.6 is 34.5 Å². The van der Waals surface area contributed by atoms with Gasteiger partial charge in [-0.05, 0) is 48.2 Å². The molecule has 1 nitrogen and oxygen atoms in total. The van der Waals surface area contributed by atoms with Gasteiger partial charge in [0.05, 0.1) is 11.1 Å². The van der Waals surface area contributed by atoms with Crippen LogP contribution in [0, 0.1) is 5.82 Å². The lowest BCUT2D eigenvalue weighted by atomic mass is 10.0. The molecule has 1 N–H and O–H groups in total. The maximum atomic E-state index is 13.5. The van der Waals surface area contributed by atoms with Gasteiger partial charge in [-0.15, -0.1) is 11.3 Å². The highest BCUT2D eigenvalue weighted by atomic mass is 35.5. The molecule has 5 heteroatoms. The van der Waals surface area contributed by atoms with E-state index in [0.717, 1.165) is 23.4 Å². The fraction of sp³-hybridized carbons (Fsp3) is 0.286. The van der Waals surface area contributed by atoms with Gasteiger partial charge in [0, 0.05) is 9.90 Å². The van der Waals surface area contributed by atoms with Crippen molar-refractivity contribution in [3.63, 3.8) is 0 Å². The highest BCUT2D eigenvalue weighted by Gasteiger charge is 2.20. The third kappa shape index (κ3) is 3.48. The predicted molar refractivity (Wildman–Crippen MR) is 80.9 cm³/mol. The number of hydrogen-bond donors (Lipinski definition) is 1. The maximum absolute atomic E-state index is 13.5. The molecule has 0 bridgehead atoms. The van der Waals surface area contributed by atoms with E-state index in [4.69, 9.17) is 23.2 Å². The summed E-state index contributed by atoms with van der Waals surface area (Å²) in [4.78, 5) is 0.961. The van der Waals surface area contributed by atoms with Crippen LogP contribution in [0.4, 0.5) is 4.39 Å². The summed E-state index contributed by atoms with van der Waals surface area (Å²) in [5, 5.41) is 6.51. The first-order chi connectivity index (χ1) is 9.13. The number of thiophene rings is 1. The number of rotatable bonds is 5. The second-order valence-electron chi connectivity index (χ2n) is 4.19. The summed E-state index contributed by atoms with van der Waals surface area (Å²) in [6.07, 6.45) is 0.979. The fourth-order valence-electron chi connectivity index (χ4n) is 1.88. The minimum Gasteiger partial charge on any atom is -0.306 e. The molecule has 1 atom stereocenters. The number of benzene rings is 1. The molecule has 1 unspecified atom stereocenters. The molecule has 1 aromatic heterocycles. The molecule has 0 aliphatic heterocycles. The third-order valence-electron chi connectivity index (χ3n) is 2.77. The van der Waals surface area contributed by atoms with Gasteiger partial charge in [0.1, 0.15) is 5.82 Å². The van der Waals surface area contributed by atoms with Gasteiger partial charge in [-0.25, -0.2) is 4.39 Å².